The van der Waals surface area contributed by atoms with Crippen molar-refractivity contribution in [3.05, 3.63) is 0 Å². The molecule has 0 spiro atoms. The number of carboxylic acid groups (broad SMARTS) is 1. The number of hydrogen-bond donors (Lipinski definition) is 2. The number of carbonyl (C=O) groups excluding carboxylic acids is 1. The number of sulfone groups is 1. The molecule has 0 aromatic heterocycles. The van der Waals surface area contributed by atoms with E-state index in [-0.39, 0.29) is 0 Å². The molecule has 0 aromatic rings. The van der Waals surface area contributed by atoms with E-state index in [0.717, 1.165) is 6.92 Å². The van der Waals surface area contributed by atoms with Crippen LogP contribution in [0.1, 0.15) is 41.0 Å². The van der Waals surface area contributed by atoms with Gasteiger partial charge >= 0.3 is 5.97 Å². The summed E-state index contributed by atoms with van der Waals surface area (Å²) in [6.45, 7) is 7.66. The Bertz CT molecular complexity index is 427. The lowest BCUT2D eigenvalue weighted by Gasteiger charge is -2.26. The van der Waals surface area contributed by atoms with Crippen molar-refractivity contribution in [1.29, 1.82) is 0 Å². The van der Waals surface area contributed by atoms with Crippen molar-refractivity contribution in [2.24, 2.45) is 0 Å². The van der Waals surface area contributed by atoms with Gasteiger partial charge in [0.15, 0.2) is 15.1 Å². The summed E-state index contributed by atoms with van der Waals surface area (Å²) in [6.07, 6.45) is 0.639. The second-order valence-corrected chi connectivity index (χ2v) is 7.53. The van der Waals surface area contributed by atoms with Gasteiger partial charge in [0, 0.05) is 5.54 Å². The molecule has 0 heterocycles. The van der Waals surface area contributed by atoms with Crippen LogP contribution in [-0.4, -0.2) is 41.4 Å². The minimum atomic E-state index is -4.03. The Hall–Kier alpha value is -1.11. The Balaban J connectivity index is 5.01. The van der Waals surface area contributed by atoms with Crippen LogP contribution in [0.5, 0.6) is 0 Å². The Morgan fingerprint density at radius 1 is 1.22 bits per heavy atom. The molecule has 1 amide bonds. The first kappa shape index (κ1) is 16.9. The van der Waals surface area contributed by atoms with Crippen LogP contribution in [0, 0.1) is 0 Å². The Labute approximate surface area is 108 Å². The van der Waals surface area contributed by atoms with Gasteiger partial charge in [-0.25, -0.2) is 8.42 Å². The fourth-order valence-corrected chi connectivity index (χ4v) is 2.37. The largest absolute Gasteiger partial charge is 0.480 e. The van der Waals surface area contributed by atoms with Gasteiger partial charge in [0.25, 0.3) is 0 Å². The Morgan fingerprint density at radius 2 is 1.67 bits per heavy atom. The van der Waals surface area contributed by atoms with Crippen molar-refractivity contribution < 1.29 is 23.1 Å². The molecule has 0 fully saturated rings. The van der Waals surface area contributed by atoms with Gasteiger partial charge in [-0.15, -0.1) is 0 Å². The van der Waals surface area contributed by atoms with Crippen molar-refractivity contribution in [2.45, 2.75) is 57.1 Å². The van der Waals surface area contributed by atoms with Gasteiger partial charge in [-0.05, 0) is 34.1 Å². The average Bonchev–Trinajstić information content (AvgIpc) is 2.25. The lowest BCUT2D eigenvalue weighted by Crippen LogP contribution is -2.50. The van der Waals surface area contributed by atoms with Crippen molar-refractivity contribution >= 4 is 21.7 Å². The maximum atomic E-state index is 11.8. The third kappa shape index (κ3) is 3.97. The van der Waals surface area contributed by atoms with Crippen molar-refractivity contribution in [2.75, 3.05) is 0 Å². The maximum Gasteiger partial charge on any atom is 0.321 e. The van der Waals surface area contributed by atoms with Gasteiger partial charge in [-0.2, -0.15) is 0 Å². The number of carbonyl (C=O) groups is 2. The van der Waals surface area contributed by atoms with Gasteiger partial charge in [0.2, 0.25) is 5.91 Å². The molecule has 0 aliphatic rings. The maximum absolute atomic E-state index is 11.8. The zero-order valence-electron chi connectivity index (χ0n) is 11.4. The van der Waals surface area contributed by atoms with Crippen LogP contribution in [0.4, 0.5) is 0 Å². The monoisotopic (exact) mass is 279 g/mol. The lowest BCUT2D eigenvalue weighted by atomic mass is 10.0. The number of carboxylic acids is 1. The topological polar surface area (TPSA) is 101 Å². The van der Waals surface area contributed by atoms with E-state index in [2.05, 4.69) is 5.32 Å². The molecule has 0 aliphatic carbocycles. The highest BCUT2D eigenvalue weighted by molar-refractivity contribution is 7.94. The number of amides is 1. The standard InChI is InChI=1S/C11H21NO5S/c1-6-11(4,5)12-9(13)7(2)18(16,17)8(3)10(14)15/h7-8H,6H2,1-5H3,(H,12,13)(H,14,15). The highest BCUT2D eigenvalue weighted by atomic mass is 32.2. The van der Waals surface area contributed by atoms with Crippen LogP contribution in [0.2, 0.25) is 0 Å². The molecule has 2 unspecified atom stereocenters. The van der Waals surface area contributed by atoms with E-state index >= 15 is 0 Å². The first-order valence-corrected chi connectivity index (χ1v) is 7.34. The van der Waals surface area contributed by atoms with Crippen molar-refractivity contribution in [1.82, 2.24) is 5.32 Å². The lowest BCUT2D eigenvalue weighted by molar-refractivity contribution is -0.136. The molecule has 0 saturated heterocycles. The predicted octanol–water partition coefficient (Wildman–Crippen LogP) is 0.568. The van der Waals surface area contributed by atoms with E-state index in [4.69, 9.17) is 5.11 Å². The summed E-state index contributed by atoms with van der Waals surface area (Å²) in [5.74, 6) is -2.13. The highest BCUT2D eigenvalue weighted by Gasteiger charge is 2.38. The minimum absolute atomic E-state index is 0.521. The number of nitrogens with one attached hydrogen (secondary N) is 1. The van der Waals surface area contributed by atoms with Crippen LogP contribution >= 0.6 is 0 Å². The highest BCUT2D eigenvalue weighted by Crippen LogP contribution is 2.13. The smallest absolute Gasteiger partial charge is 0.321 e. The number of aliphatic carboxylic acids is 1. The third-order valence-corrected chi connectivity index (χ3v) is 5.43. The summed E-state index contributed by atoms with van der Waals surface area (Å²) in [5.41, 5.74) is -0.521. The Morgan fingerprint density at radius 3 is 2.00 bits per heavy atom. The van der Waals surface area contributed by atoms with Crippen LogP contribution in [-0.2, 0) is 19.4 Å². The molecule has 0 saturated carbocycles. The van der Waals surface area contributed by atoms with Gasteiger partial charge in [0.05, 0.1) is 0 Å². The molecule has 2 N–H and O–H groups in total. The SMILES string of the molecule is CCC(C)(C)NC(=O)C(C)S(=O)(=O)C(C)C(=O)O. The summed E-state index contributed by atoms with van der Waals surface area (Å²) >= 11 is 0. The summed E-state index contributed by atoms with van der Waals surface area (Å²) in [7, 11) is -4.03. The summed E-state index contributed by atoms with van der Waals surface area (Å²) < 4.78 is 23.7. The van der Waals surface area contributed by atoms with Crippen molar-refractivity contribution in [3.8, 4) is 0 Å². The normalized spacial score (nSPS) is 15.8. The second-order valence-electron chi connectivity index (χ2n) is 4.94. The zero-order valence-corrected chi connectivity index (χ0v) is 12.2. The molecule has 0 bridgehead atoms. The summed E-state index contributed by atoms with van der Waals surface area (Å²) in [4.78, 5) is 22.5. The van der Waals surface area contributed by atoms with E-state index in [1.807, 2.05) is 6.92 Å². The molecule has 106 valence electrons. The van der Waals surface area contributed by atoms with Crippen molar-refractivity contribution in [3.63, 3.8) is 0 Å². The molecular formula is C11H21NO5S. The van der Waals surface area contributed by atoms with E-state index in [1.54, 1.807) is 13.8 Å². The quantitative estimate of drug-likeness (QED) is 0.740. The number of hydrogen-bond acceptors (Lipinski definition) is 4. The van der Waals surface area contributed by atoms with Gasteiger partial charge in [-0.3, -0.25) is 9.59 Å². The average molecular weight is 279 g/mol. The molecular weight excluding hydrogens is 258 g/mol. The molecule has 7 heteroatoms. The molecule has 18 heavy (non-hydrogen) atoms. The summed E-state index contributed by atoms with van der Waals surface area (Å²) in [5, 5.41) is 8.34. The molecule has 2 atom stereocenters. The molecule has 6 nitrogen and oxygen atoms in total. The third-order valence-electron chi connectivity index (χ3n) is 3.05. The van der Waals surface area contributed by atoms with E-state index < -0.39 is 37.8 Å². The fourth-order valence-electron chi connectivity index (χ4n) is 1.12. The van der Waals surface area contributed by atoms with Crippen LogP contribution < -0.4 is 5.32 Å². The van der Waals surface area contributed by atoms with E-state index in [9.17, 15) is 18.0 Å². The van der Waals surface area contributed by atoms with Crippen LogP contribution in [0.15, 0.2) is 0 Å². The zero-order chi connectivity index (χ0) is 14.7. The van der Waals surface area contributed by atoms with Gasteiger partial charge in [-0.1, -0.05) is 6.92 Å². The van der Waals surface area contributed by atoms with Crippen LogP contribution in [0.25, 0.3) is 0 Å². The predicted molar refractivity (Wildman–Crippen MR) is 68.0 cm³/mol. The Kier molecular flexibility index (Phi) is 5.34. The molecule has 0 aromatic carbocycles. The van der Waals surface area contributed by atoms with E-state index in [1.165, 1.54) is 6.92 Å². The molecule has 0 aliphatic heterocycles. The summed E-state index contributed by atoms with van der Waals surface area (Å²) in [6, 6.07) is 0. The second kappa shape index (κ2) is 5.69. The molecule has 0 radical (unpaired) electrons. The van der Waals surface area contributed by atoms with E-state index in [0.29, 0.717) is 6.42 Å². The molecule has 0 rings (SSSR count). The van der Waals surface area contributed by atoms with Gasteiger partial charge < -0.3 is 10.4 Å². The number of rotatable bonds is 6. The minimum Gasteiger partial charge on any atom is -0.480 e. The van der Waals surface area contributed by atoms with Crippen LogP contribution in [0.3, 0.4) is 0 Å². The first-order chi connectivity index (χ1) is 7.95. The fraction of sp³-hybridized carbons (Fsp3) is 0.818. The first-order valence-electron chi connectivity index (χ1n) is 5.73. The van der Waals surface area contributed by atoms with Gasteiger partial charge in [0.1, 0.15) is 5.25 Å².